The van der Waals surface area contributed by atoms with Crippen LogP contribution in [-0.4, -0.2) is 17.9 Å². The van der Waals surface area contributed by atoms with Crippen molar-refractivity contribution in [3.63, 3.8) is 0 Å². The average molecular weight is 348 g/mol. The Morgan fingerprint density at radius 2 is 2.00 bits per heavy atom. The molecular weight excluding hydrogens is 333 g/mol. The number of fused-ring (bicyclic) bond motifs is 1. The van der Waals surface area contributed by atoms with Crippen LogP contribution in [0, 0.1) is 0 Å². The third-order valence-corrected chi connectivity index (χ3v) is 4.30. The Balaban J connectivity index is 1.61. The van der Waals surface area contributed by atoms with Gasteiger partial charge in [0.05, 0.1) is 12.5 Å². The number of H-pyrrole nitrogens is 1. The van der Waals surface area contributed by atoms with Gasteiger partial charge in [-0.1, -0.05) is 6.08 Å². The molecule has 4 nitrogen and oxygen atoms in total. The van der Waals surface area contributed by atoms with Crippen LogP contribution in [0.3, 0.4) is 0 Å². The van der Waals surface area contributed by atoms with E-state index in [2.05, 4.69) is 21.1 Å². The summed E-state index contributed by atoms with van der Waals surface area (Å²) in [4.78, 5) is 3.20. The molecule has 2 aliphatic rings. The van der Waals surface area contributed by atoms with Crippen LogP contribution >= 0.6 is 0 Å². The smallest absolute Gasteiger partial charge is 0.472 e. The molecule has 0 radical (unpaired) electrons. The SMILES string of the molecule is FC(F)(F)OC1=CC=C(C2=Cc3c(-c4ccoc4)c[nH]c3NC2)CC1. The first-order chi connectivity index (χ1) is 12.0. The lowest BCUT2D eigenvalue weighted by molar-refractivity contribution is -0.306. The number of nitrogens with one attached hydrogen (secondary N) is 2. The van der Waals surface area contributed by atoms with Crippen LogP contribution in [0.5, 0.6) is 0 Å². The molecule has 0 amide bonds. The minimum absolute atomic E-state index is 0.0537. The second kappa shape index (κ2) is 5.91. The maximum Gasteiger partial charge on any atom is 0.572 e. The summed E-state index contributed by atoms with van der Waals surface area (Å²) >= 11 is 0. The molecule has 0 bridgehead atoms. The van der Waals surface area contributed by atoms with Crippen LogP contribution in [0.1, 0.15) is 18.4 Å². The largest absolute Gasteiger partial charge is 0.572 e. The fourth-order valence-electron chi connectivity index (χ4n) is 3.12. The quantitative estimate of drug-likeness (QED) is 0.799. The number of hydrogen-bond donors (Lipinski definition) is 2. The van der Waals surface area contributed by atoms with E-state index in [1.165, 1.54) is 6.08 Å². The van der Waals surface area contributed by atoms with E-state index in [-0.39, 0.29) is 12.2 Å². The first kappa shape index (κ1) is 15.7. The van der Waals surface area contributed by atoms with Gasteiger partial charge in [-0.15, -0.1) is 13.2 Å². The summed E-state index contributed by atoms with van der Waals surface area (Å²) in [6, 6.07) is 1.88. The molecular formula is C18H15F3N2O2. The molecule has 1 aliphatic carbocycles. The fraction of sp³-hybridized carbons (Fsp3) is 0.222. The summed E-state index contributed by atoms with van der Waals surface area (Å²) in [5.74, 6) is 0.870. The van der Waals surface area contributed by atoms with Crippen molar-refractivity contribution in [2.45, 2.75) is 19.2 Å². The Labute approximate surface area is 141 Å². The van der Waals surface area contributed by atoms with E-state index >= 15 is 0 Å². The Bertz CT molecular complexity index is 871. The van der Waals surface area contributed by atoms with Gasteiger partial charge in [-0.25, -0.2) is 0 Å². The monoisotopic (exact) mass is 348 g/mol. The zero-order valence-corrected chi connectivity index (χ0v) is 13.1. The molecule has 0 spiro atoms. The molecule has 2 N–H and O–H groups in total. The zero-order valence-electron chi connectivity index (χ0n) is 13.1. The number of ether oxygens (including phenoxy) is 1. The summed E-state index contributed by atoms with van der Waals surface area (Å²) in [7, 11) is 0. The number of furan rings is 1. The molecule has 1 aliphatic heterocycles. The topological polar surface area (TPSA) is 50.2 Å². The predicted octanol–water partition coefficient (Wildman–Crippen LogP) is 5.22. The van der Waals surface area contributed by atoms with Crippen LogP contribution in [0.4, 0.5) is 19.0 Å². The van der Waals surface area contributed by atoms with Gasteiger partial charge in [-0.05, 0) is 35.8 Å². The second-order valence-electron chi connectivity index (χ2n) is 5.90. The highest BCUT2D eigenvalue weighted by molar-refractivity contribution is 5.85. The molecule has 0 aromatic carbocycles. The highest BCUT2D eigenvalue weighted by Crippen LogP contribution is 2.37. The zero-order chi connectivity index (χ0) is 17.4. The van der Waals surface area contributed by atoms with Gasteiger partial charge in [0.15, 0.2) is 0 Å². The summed E-state index contributed by atoms with van der Waals surface area (Å²) < 4.78 is 46.0. The molecule has 25 heavy (non-hydrogen) atoms. The standard InChI is InChI=1S/C18H15F3N2O2/c19-18(20,21)25-14-3-1-11(2-4-14)13-7-15-16(12-5-6-24-10-12)9-23-17(15)22-8-13/h1,3,5-7,9-10,22-23H,2,4,8H2. The molecule has 0 unspecified atom stereocenters. The van der Waals surface area contributed by atoms with Crippen molar-refractivity contribution < 1.29 is 22.3 Å². The van der Waals surface area contributed by atoms with Crippen LogP contribution in [-0.2, 0) is 4.74 Å². The number of halogens is 3. The van der Waals surface area contributed by atoms with Gasteiger partial charge in [0.1, 0.15) is 11.6 Å². The van der Waals surface area contributed by atoms with Gasteiger partial charge >= 0.3 is 6.36 Å². The number of aromatic nitrogens is 1. The lowest BCUT2D eigenvalue weighted by Gasteiger charge is -2.22. The average Bonchev–Trinajstić information content (AvgIpc) is 3.22. The Morgan fingerprint density at radius 1 is 1.12 bits per heavy atom. The third-order valence-electron chi connectivity index (χ3n) is 4.30. The minimum atomic E-state index is -4.64. The molecule has 0 atom stereocenters. The predicted molar refractivity (Wildman–Crippen MR) is 87.5 cm³/mol. The Hall–Kier alpha value is -2.83. The van der Waals surface area contributed by atoms with Gasteiger partial charge < -0.3 is 19.5 Å². The van der Waals surface area contributed by atoms with Crippen LogP contribution in [0.25, 0.3) is 17.2 Å². The van der Waals surface area contributed by atoms with E-state index in [1.54, 1.807) is 18.6 Å². The molecule has 0 fully saturated rings. The Kier molecular flexibility index (Phi) is 3.71. The first-order valence-corrected chi connectivity index (χ1v) is 7.84. The van der Waals surface area contributed by atoms with Crippen molar-refractivity contribution in [2.24, 2.45) is 0 Å². The first-order valence-electron chi connectivity index (χ1n) is 7.84. The molecule has 0 saturated carbocycles. The lowest BCUT2D eigenvalue weighted by Crippen LogP contribution is -2.16. The molecule has 0 saturated heterocycles. The van der Waals surface area contributed by atoms with Gasteiger partial charge in [-0.3, -0.25) is 0 Å². The molecule has 2 aromatic rings. The van der Waals surface area contributed by atoms with Crippen LogP contribution in [0.15, 0.2) is 58.3 Å². The van der Waals surface area contributed by atoms with Crippen molar-refractivity contribution in [1.82, 2.24) is 4.98 Å². The Morgan fingerprint density at radius 3 is 2.68 bits per heavy atom. The molecule has 3 heterocycles. The highest BCUT2D eigenvalue weighted by atomic mass is 19.4. The number of alkyl halides is 3. The van der Waals surface area contributed by atoms with Gasteiger partial charge in [0.25, 0.3) is 0 Å². The van der Waals surface area contributed by atoms with Crippen LogP contribution in [0.2, 0.25) is 0 Å². The van der Waals surface area contributed by atoms with Gasteiger partial charge in [-0.2, -0.15) is 0 Å². The number of aromatic amines is 1. The van der Waals surface area contributed by atoms with Gasteiger partial charge in [0.2, 0.25) is 0 Å². The number of allylic oxidation sites excluding steroid dienone is 3. The maximum absolute atomic E-state index is 12.3. The lowest BCUT2D eigenvalue weighted by atomic mass is 9.92. The van der Waals surface area contributed by atoms with Crippen molar-refractivity contribution >= 4 is 11.9 Å². The summed E-state index contributed by atoms with van der Waals surface area (Å²) in [5, 5.41) is 3.31. The van der Waals surface area contributed by atoms with E-state index in [0.717, 1.165) is 33.7 Å². The van der Waals surface area contributed by atoms with Gasteiger partial charge in [0, 0.05) is 35.9 Å². The molecule has 4 rings (SSSR count). The molecule has 2 aromatic heterocycles. The van der Waals surface area contributed by atoms with Crippen molar-refractivity contribution in [3.8, 4) is 11.1 Å². The second-order valence-corrected chi connectivity index (χ2v) is 5.90. The van der Waals surface area contributed by atoms with E-state index in [4.69, 9.17) is 4.42 Å². The van der Waals surface area contributed by atoms with Crippen LogP contribution < -0.4 is 5.32 Å². The van der Waals surface area contributed by atoms with E-state index in [0.29, 0.717) is 13.0 Å². The number of anilines is 1. The maximum atomic E-state index is 12.3. The number of rotatable bonds is 3. The van der Waals surface area contributed by atoms with Crippen molar-refractivity contribution in [3.05, 3.63) is 59.4 Å². The normalized spacial score (nSPS) is 17.2. The van der Waals surface area contributed by atoms with Crippen molar-refractivity contribution in [1.29, 1.82) is 0 Å². The van der Waals surface area contributed by atoms with E-state index in [9.17, 15) is 13.2 Å². The van der Waals surface area contributed by atoms with E-state index in [1.807, 2.05) is 12.3 Å². The summed E-state index contributed by atoms with van der Waals surface area (Å²) in [6.45, 7) is 0.619. The minimum Gasteiger partial charge on any atom is -0.472 e. The highest BCUT2D eigenvalue weighted by Gasteiger charge is 2.32. The third kappa shape index (κ3) is 3.22. The summed E-state index contributed by atoms with van der Waals surface area (Å²) in [6.07, 6.45) is 6.48. The molecule has 7 heteroatoms. The summed E-state index contributed by atoms with van der Waals surface area (Å²) in [5.41, 5.74) is 5.06. The molecule has 130 valence electrons. The number of hydrogen-bond acceptors (Lipinski definition) is 3. The van der Waals surface area contributed by atoms with Crippen molar-refractivity contribution in [2.75, 3.05) is 11.9 Å². The fourth-order valence-corrected chi connectivity index (χ4v) is 3.12. The van der Waals surface area contributed by atoms with E-state index < -0.39 is 6.36 Å².